The summed E-state index contributed by atoms with van der Waals surface area (Å²) < 4.78 is 12.1. The number of carbonyl (C=O) groups excluding carboxylic acids is 5. The predicted molar refractivity (Wildman–Crippen MR) is 191 cm³/mol. The number of benzene rings is 3. The van der Waals surface area contributed by atoms with E-state index in [4.69, 9.17) is 26.3 Å². The molecule has 12 heteroatoms. The molecule has 1 saturated heterocycles. The van der Waals surface area contributed by atoms with Gasteiger partial charge in [0.05, 0.1) is 28.3 Å². The minimum absolute atomic E-state index is 0.0550. The maximum absolute atomic E-state index is 13.3. The van der Waals surface area contributed by atoms with Gasteiger partial charge in [0.25, 0.3) is 17.7 Å². The molecule has 3 aliphatic rings. The number of ether oxygens (including phenoxy) is 2. The highest BCUT2D eigenvalue weighted by Crippen LogP contribution is 2.55. The van der Waals surface area contributed by atoms with Crippen LogP contribution >= 0.6 is 11.6 Å². The van der Waals surface area contributed by atoms with Gasteiger partial charge in [0.15, 0.2) is 0 Å². The first-order valence-corrected chi connectivity index (χ1v) is 17.3. The smallest absolute Gasteiger partial charge is 0.262 e. The molecule has 0 bridgehead atoms. The lowest BCUT2D eigenvalue weighted by Gasteiger charge is -2.63. The third kappa shape index (κ3) is 6.84. The zero-order valence-corrected chi connectivity index (χ0v) is 29.9. The van der Waals surface area contributed by atoms with E-state index >= 15 is 0 Å². The lowest BCUT2D eigenvalue weighted by molar-refractivity contribution is -0.164. The molecule has 1 unspecified atom stereocenters. The van der Waals surface area contributed by atoms with E-state index in [0.29, 0.717) is 47.1 Å². The first-order valence-electron chi connectivity index (χ1n) is 17.0. The molecule has 52 heavy (non-hydrogen) atoms. The molecule has 2 aliphatic heterocycles. The summed E-state index contributed by atoms with van der Waals surface area (Å²) in [6.07, 6.45) is 1.08. The van der Waals surface area contributed by atoms with Gasteiger partial charge in [-0.05, 0) is 67.4 Å². The van der Waals surface area contributed by atoms with E-state index in [1.165, 1.54) is 12.1 Å². The van der Waals surface area contributed by atoms with Crippen LogP contribution in [0.5, 0.6) is 11.5 Å². The molecule has 266 valence electrons. The van der Waals surface area contributed by atoms with E-state index in [1.54, 1.807) is 48.5 Å². The molecule has 0 aromatic heterocycles. The molecule has 2 heterocycles. The molecule has 5 amide bonds. The first kappa shape index (κ1) is 36.2. The monoisotopic (exact) mass is 720 g/mol. The van der Waals surface area contributed by atoms with Gasteiger partial charge in [-0.25, -0.2) is 0 Å². The molecular weight excluding hydrogens is 684 g/mol. The van der Waals surface area contributed by atoms with Crippen molar-refractivity contribution < 1.29 is 33.4 Å². The molecule has 11 nitrogen and oxygen atoms in total. The second kappa shape index (κ2) is 14.2. The van der Waals surface area contributed by atoms with Crippen molar-refractivity contribution in [3.8, 4) is 29.4 Å². The molecule has 2 N–H and O–H groups in total. The Morgan fingerprint density at radius 1 is 0.962 bits per heavy atom. The van der Waals surface area contributed by atoms with Crippen molar-refractivity contribution in [2.24, 2.45) is 10.8 Å². The summed E-state index contributed by atoms with van der Waals surface area (Å²) in [7, 11) is 0. The Kier molecular flexibility index (Phi) is 9.85. The second-order valence-corrected chi connectivity index (χ2v) is 14.7. The van der Waals surface area contributed by atoms with Crippen LogP contribution in [0.3, 0.4) is 0 Å². The van der Waals surface area contributed by atoms with Gasteiger partial charge >= 0.3 is 0 Å². The predicted octanol–water partition coefficient (Wildman–Crippen LogP) is 5.44. The van der Waals surface area contributed by atoms with Crippen LogP contribution in [-0.4, -0.2) is 59.2 Å². The molecule has 2 fully saturated rings. The summed E-state index contributed by atoms with van der Waals surface area (Å²) in [5.74, 6) is 4.78. The quantitative estimate of drug-likeness (QED) is 0.168. The van der Waals surface area contributed by atoms with Crippen molar-refractivity contribution in [2.45, 2.75) is 71.6 Å². The topological polar surface area (TPSA) is 155 Å². The maximum Gasteiger partial charge on any atom is 0.262 e. The average Bonchev–Trinajstić information content (AvgIpc) is 3.35. The van der Waals surface area contributed by atoms with E-state index in [1.807, 2.05) is 6.07 Å². The Bertz CT molecular complexity index is 2070. The number of unbranched alkanes of at least 4 members (excludes halogenated alkanes) is 1. The highest BCUT2D eigenvalue weighted by Gasteiger charge is 2.64. The summed E-state index contributed by atoms with van der Waals surface area (Å²) in [6, 6.07) is 17.6. The zero-order valence-electron chi connectivity index (χ0n) is 29.2. The Labute approximate surface area is 306 Å². The Morgan fingerprint density at radius 2 is 1.65 bits per heavy atom. The van der Waals surface area contributed by atoms with Crippen LogP contribution in [0.4, 0.5) is 0 Å². The standard InChI is InChI=1S/C40H37ClN4O7/c1-39(2)37(40(3,4)38(39)52-27-14-13-25(22-42)30(41)21-27)44-33(47)24-11-9-23(10-12-24)8-6-5-7-19-51-26-15-16-28-29(20-26)36(50)45(35(28)49)31-17-18-32(46)43-34(31)48/h9-16,20-21,31,37-38H,5,7,17-19H2,1-4H3,(H,44,47)(H,43,46,48)/t31?,37-,38-. The van der Waals surface area contributed by atoms with Crippen LogP contribution < -0.4 is 20.1 Å². The zero-order chi connectivity index (χ0) is 37.4. The van der Waals surface area contributed by atoms with Crippen LogP contribution in [0.2, 0.25) is 5.02 Å². The van der Waals surface area contributed by atoms with Crippen LogP contribution in [0.1, 0.15) is 95.6 Å². The van der Waals surface area contributed by atoms with Crippen molar-refractivity contribution in [3.63, 3.8) is 0 Å². The van der Waals surface area contributed by atoms with Crippen LogP contribution in [-0.2, 0) is 9.59 Å². The number of imide groups is 2. The van der Waals surface area contributed by atoms with Gasteiger partial charge in [-0.1, -0.05) is 51.1 Å². The summed E-state index contributed by atoms with van der Waals surface area (Å²) in [5, 5.41) is 14.9. The van der Waals surface area contributed by atoms with Gasteiger partial charge in [0.2, 0.25) is 11.8 Å². The number of nitrogens with one attached hydrogen (secondary N) is 2. The van der Waals surface area contributed by atoms with Gasteiger partial charge in [0, 0.05) is 46.9 Å². The summed E-state index contributed by atoms with van der Waals surface area (Å²) in [5.41, 5.74) is 1.24. The number of hydrogen-bond donors (Lipinski definition) is 2. The second-order valence-electron chi connectivity index (χ2n) is 14.3. The fourth-order valence-electron chi connectivity index (χ4n) is 7.57. The minimum atomic E-state index is -1.02. The number of rotatable bonds is 9. The third-order valence-electron chi connectivity index (χ3n) is 9.94. The van der Waals surface area contributed by atoms with Crippen molar-refractivity contribution in [1.29, 1.82) is 5.26 Å². The molecule has 1 aliphatic carbocycles. The van der Waals surface area contributed by atoms with Crippen molar-refractivity contribution in [2.75, 3.05) is 6.61 Å². The largest absolute Gasteiger partial charge is 0.494 e. The van der Waals surface area contributed by atoms with Crippen LogP contribution in [0.25, 0.3) is 0 Å². The van der Waals surface area contributed by atoms with Crippen molar-refractivity contribution in [3.05, 3.63) is 93.5 Å². The van der Waals surface area contributed by atoms with Crippen LogP contribution in [0, 0.1) is 34.0 Å². The van der Waals surface area contributed by atoms with E-state index in [0.717, 1.165) is 10.5 Å². The first-order chi connectivity index (χ1) is 24.7. The van der Waals surface area contributed by atoms with Crippen molar-refractivity contribution >= 4 is 41.1 Å². The van der Waals surface area contributed by atoms with E-state index in [-0.39, 0.29) is 52.9 Å². The van der Waals surface area contributed by atoms with Gasteiger partial charge in [-0.15, -0.1) is 0 Å². The molecule has 6 rings (SSSR count). The normalized spacial score (nSPS) is 21.2. The molecule has 3 aromatic carbocycles. The Morgan fingerprint density at radius 3 is 2.33 bits per heavy atom. The lowest BCUT2D eigenvalue weighted by atomic mass is 9.49. The Balaban J connectivity index is 0.970. The molecule has 1 atom stereocenters. The fraction of sp³-hybridized carbons (Fsp3) is 0.350. The SMILES string of the molecule is CC1(C)[C@H](NC(=O)c2ccc(C#CCCCOc3ccc4c(c3)C(=O)N(C3CCC(=O)NC3=O)C4=O)cc2)C(C)(C)[C@H]1Oc1ccc(C#N)c(Cl)c1. The third-order valence-corrected chi connectivity index (χ3v) is 10.2. The molecule has 3 aromatic rings. The van der Waals surface area contributed by atoms with Gasteiger partial charge in [-0.2, -0.15) is 5.26 Å². The lowest BCUT2D eigenvalue weighted by Crippen LogP contribution is -2.74. The number of hydrogen-bond acceptors (Lipinski definition) is 8. The number of piperidine rings is 1. The molecule has 0 radical (unpaired) electrons. The van der Waals surface area contributed by atoms with E-state index in [2.05, 4.69) is 50.2 Å². The van der Waals surface area contributed by atoms with Crippen LogP contribution in [0.15, 0.2) is 60.7 Å². The van der Waals surface area contributed by atoms with Gasteiger partial charge < -0.3 is 14.8 Å². The minimum Gasteiger partial charge on any atom is -0.494 e. The summed E-state index contributed by atoms with van der Waals surface area (Å²) in [6.45, 7) is 8.53. The summed E-state index contributed by atoms with van der Waals surface area (Å²) in [4.78, 5) is 63.9. The molecule has 1 saturated carbocycles. The maximum atomic E-state index is 13.3. The highest BCUT2D eigenvalue weighted by molar-refractivity contribution is 6.31. The average molecular weight is 721 g/mol. The number of carbonyl (C=O) groups is 5. The molecular formula is C40H37ClN4O7. The summed E-state index contributed by atoms with van der Waals surface area (Å²) >= 11 is 6.21. The van der Waals surface area contributed by atoms with E-state index in [9.17, 15) is 24.0 Å². The number of halogens is 1. The van der Waals surface area contributed by atoms with Gasteiger partial charge in [-0.3, -0.25) is 34.2 Å². The number of fused-ring (bicyclic) bond motifs is 1. The highest BCUT2D eigenvalue weighted by atomic mass is 35.5. The number of nitrogens with zero attached hydrogens (tertiary/aromatic N) is 2. The fourth-order valence-corrected chi connectivity index (χ4v) is 7.78. The van der Waals surface area contributed by atoms with Gasteiger partial charge in [0.1, 0.15) is 29.7 Å². The Hall–Kier alpha value is -5.65. The van der Waals surface area contributed by atoms with Crippen molar-refractivity contribution in [1.82, 2.24) is 15.5 Å². The number of amides is 5. The van der Waals surface area contributed by atoms with E-state index < -0.39 is 29.7 Å². The number of nitriles is 1. The molecule has 0 spiro atoms.